The topological polar surface area (TPSA) is 67.7 Å². The summed E-state index contributed by atoms with van der Waals surface area (Å²) < 4.78 is 7.23. The lowest BCUT2D eigenvalue weighted by Gasteiger charge is -2.60. The highest BCUT2D eigenvalue weighted by Crippen LogP contribution is 2.53. The van der Waals surface area contributed by atoms with E-state index in [2.05, 4.69) is 23.0 Å². The lowest BCUT2D eigenvalue weighted by molar-refractivity contribution is -0.0980. The number of rotatable bonds is 7. The Bertz CT molecular complexity index is 1240. The predicted octanol–water partition coefficient (Wildman–Crippen LogP) is 4.31. The zero-order chi connectivity index (χ0) is 25.7. The summed E-state index contributed by atoms with van der Waals surface area (Å²) in [4.78, 5) is 29.4. The molecule has 8 heteroatoms. The van der Waals surface area contributed by atoms with E-state index in [-0.39, 0.29) is 17.7 Å². The van der Waals surface area contributed by atoms with Crippen LogP contribution in [0.2, 0.25) is 5.02 Å². The number of carbonyl (C=O) groups excluding carboxylic acids is 1. The smallest absolute Gasteiger partial charge is 0.269 e. The monoisotopic (exact) mass is 524 g/mol. The van der Waals surface area contributed by atoms with Gasteiger partial charge in [0, 0.05) is 45.9 Å². The molecule has 4 aliphatic rings. The van der Waals surface area contributed by atoms with Gasteiger partial charge in [-0.05, 0) is 85.0 Å². The van der Waals surface area contributed by atoms with Gasteiger partial charge in [-0.2, -0.15) is 5.10 Å². The minimum absolute atomic E-state index is 0.0471. The summed E-state index contributed by atoms with van der Waals surface area (Å²) in [5, 5.41) is 5.01. The molecule has 2 atom stereocenters. The van der Waals surface area contributed by atoms with Crippen LogP contribution in [0, 0.1) is 17.3 Å². The SMILES string of the molecule is C[C@@H](Cc1cnn(C2CCCCO2)c(=O)c1)CN1CC2(CC(Cc3ccc(Cl)c4c3CN(C)C4=O)C2)C1. The largest absolute Gasteiger partial charge is 0.356 e. The standard InChI is InChI=1S/C29H37ClN4O3/c1-19(9-20-11-25(35)34(31-14-20)26-5-3-4-8-37-26)15-33-17-29(18-33)12-21(13-29)10-22-6-7-24(30)27-23(22)16-32(2)28(27)36/h6-7,11,14,19,21,26H,3-5,8-10,12-13,15-18H2,1-2H3/t19-,26?/m0/s1. The number of nitrogens with zero attached hydrogens (tertiary/aromatic N) is 4. The number of carbonyl (C=O) groups is 1. The number of fused-ring (bicyclic) bond motifs is 1. The first-order valence-electron chi connectivity index (χ1n) is 13.8. The summed E-state index contributed by atoms with van der Waals surface area (Å²) in [5.41, 5.74) is 4.60. The van der Waals surface area contributed by atoms with Crippen molar-refractivity contribution < 1.29 is 9.53 Å². The van der Waals surface area contributed by atoms with Crippen molar-refractivity contribution in [1.82, 2.24) is 19.6 Å². The molecule has 1 aromatic carbocycles. The van der Waals surface area contributed by atoms with Crippen LogP contribution in [-0.2, 0) is 24.1 Å². The number of hydrogen-bond acceptors (Lipinski definition) is 5. The van der Waals surface area contributed by atoms with Crippen LogP contribution in [0.25, 0.3) is 0 Å². The van der Waals surface area contributed by atoms with E-state index >= 15 is 0 Å². The van der Waals surface area contributed by atoms with E-state index in [9.17, 15) is 9.59 Å². The molecule has 2 aromatic rings. The first-order valence-corrected chi connectivity index (χ1v) is 14.2. The Morgan fingerprint density at radius 1 is 1.22 bits per heavy atom. The van der Waals surface area contributed by atoms with Crippen LogP contribution in [0.4, 0.5) is 0 Å². The molecule has 1 unspecified atom stereocenters. The molecule has 1 aliphatic carbocycles. The maximum atomic E-state index is 12.6. The number of ether oxygens (including phenoxy) is 1. The van der Waals surface area contributed by atoms with E-state index in [1.54, 1.807) is 11.0 Å². The summed E-state index contributed by atoms with van der Waals surface area (Å²) in [6, 6.07) is 5.77. The van der Waals surface area contributed by atoms with Crippen molar-refractivity contribution in [3.8, 4) is 0 Å². The summed E-state index contributed by atoms with van der Waals surface area (Å²) in [5.74, 6) is 1.21. The number of benzene rings is 1. The lowest BCUT2D eigenvalue weighted by Crippen LogP contribution is -2.63. The second-order valence-electron chi connectivity index (χ2n) is 12.1. The van der Waals surface area contributed by atoms with E-state index < -0.39 is 0 Å². The quantitative estimate of drug-likeness (QED) is 0.540. The van der Waals surface area contributed by atoms with Crippen LogP contribution in [0.15, 0.2) is 29.2 Å². The summed E-state index contributed by atoms with van der Waals surface area (Å²) in [6.45, 7) is 7.05. The molecule has 1 spiro atoms. The molecule has 4 heterocycles. The van der Waals surface area contributed by atoms with Gasteiger partial charge in [-0.25, -0.2) is 4.68 Å². The minimum Gasteiger partial charge on any atom is -0.356 e. The fraction of sp³-hybridized carbons (Fsp3) is 0.621. The Morgan fingerprint density at radius 3 is 2.76 bits per heavy atom. The van der Waals surface area contributed by atoms with Gasteiger partial charge in [-0.15, -0.1) is 0 Å². The van der Waals surface area contributed by atoms with E-state index in [0.717, 1.165) is 55.3 Å². The van der Waals surface area contributed by atoms with E-state index in [0.29, 0.717) is 35.4 Å². The van der Waals surface area contributed by atoms with Gasteiger partial charge in [-0.1, -0.05) is 24.6 Å². The molecular weight excluding hydrogens is 488 g/mol. The molecule has 1 amide bonds. The van der Waals surface area contributed by atoms with Crippen molar-refractivity contribution in [3.05, 3.63) is 62.0 Å². The molecule has 2 saturated heterocycles. The van der Waals surface area contributed by atoms with Crippen molar-refractivity contribution in [2.75, 3.05) is 33.3 Å². The van der Waals surface area contributed by atoms with Crippen LogP contribution in [0.3, 0.4) is 0 Å². The fourth-order valence-electron chi connectivity index (χ4n) is 7.28. The summed E-state index contributed by atoms with van der Waals surface area (Å²) in [6.07, 6.45) is 9.09. The molecule has 0 bridgehead atoms. The highest BCUT2D eigenvalue weighted by atomic mass is 35.5. The maximum Gasteiger partial charge on any atom is 0.269 e. The normalized spacial score (nSPS) is 24.1. The highest BCUT2D eigenvalue weighted by Gasteiger charge is 2.52. The minimum atomic E-state index is -0.208. The zero-order valence-corrected chi connectivity index (χ0v) is 22.7. The van der Waals surface area contributed by atoms with Crippen molar-refractivity contribution in [1.29, 1.82) is 0 Å². The second kappa shape index (κ2) is 9.83. The number of hydrogen-bond donors (Lipinski definition) is 0. The molecule has 1 aromatic heterocycles. The molecule has 6 rings (SSSR count). The Balaban J connectivity index is 0.971. The third-order valence-electron chi connectivity index (χ3n) is 8.85. The molecule has 3 fully saturated rings. The van der Waals surface area contributed by atoms with Crippen molar-refractivity contribution in [2.24, 2.45) is 17.3 Å². The maximum absolute atomic E-state index is 12.6. The fourth-order valence-corrected chi connectivity index (χ4v) is 7.54. The van der Waals surface area contributed by atoms with Gasteiger partial charge in [0.05, 0.1) is 16.8 Å². The van der Waals surface area contributed by atoms with E-state index in [1.165, 1.54) is 36.2 Å². The van der Waals surface area contributed by atoms with Crippen LogP contribution in [0.1, 0.15) is 72.3 Å². The third-order valence-corrected chi connectivity index (χ3v) is 9.16. The van der Waals surface area contributed by atoms with Crippen molar-refractivity contribution >= 4 is 17.5 Å². The Morgan fingerprint density at radius 2 is 2.03 bits per heavy atom. The van der Waals surface area contributed by atoms with Crippen LogP contribution >= 0.6 is 11.6 Å². The van der Waals surface area contributed by atoms with Gasteiger partial charge in [-0.3, -0.25) is 9.59 Å². The molecular formula is C29H37ClN4O3. The predicted molar refractivity (Wildman–Crippen MR) is 143 cm³/mol. The number of aromatic nitrogens is 2. The summed E-state index contributed by atoms with van der Waals surface area (Å²) in [7, 11) is 1.85. The molecule has 0 N–H and O–H groups in total. The van der Waals surface area contributed by atoms with Gasteiger partial charge in [0.2, 0.25) is 0 Å². The first-order chi connectivity index (χ1) is 17.8. The summed E-state index contributed by atoms with van der Waals surface area (Å²) >= 11 is 6.34. The van der Waals surface area contributed by atoms with Gasteiger partial charge in [0.1, 0.15) is 0 Å². The molecule has 1 saturated carbocycles. The highest BCUT2D eigenvalue weighted by molar-refractivity contribution is 6.34. The molecule has 37 heavy (non-hydrogen) atoms. The number of amides is 1. The van der Waals surface area contributed by atoms with Gasteiger partial charge in [0.25, 0.3) is 11.5 Å². The molecule has 198 valence electrons. The molecule has 3 aliphatic heterocycles. The van der Waals surface area contributed by atoms with Crippen LogP contribution in [0.5, 0.6) is 0 Å². The van der Waals surface area contributed by atoms with Gasteiger partial charge in [0.15, 0.2) is 6.23 Å². The van der Waals surface area contributed by atoms with Crippen molar-refractivity contribution in [3.63, 3.8) is 0 Å². The average molecular weight is 525 g/mol. The van der Waals surface area contributed by atoms with Gasteiger partial charge >= 0.3 is 0 Å². The van der Waals surface area contributed by atoms with Crippen LogP contribution < -0.4 is 5.56 Å². The third kappa shape index (κ3) is 4.86. The Hall–Kier alpha value is -2.22. The molecule has 7 nitrogen and oxygen atoms in total. The lowest BCUT2D eigenvalue weighted by atomic mass is 9.56. The van der Waals surface area contributed by atoms with Crippen LogP contribution in [-0.4, -0.2) is 58.8 Å². The van der Waals surface area contributed by atoms with E-state index in [4.69, 9.17) is 16.3 Å². The van der Waals surface area contributed by atoms with Gasteiger partial charge < -0.3 is 14.5 Å². The van der Waals surface area contributed by atoms with E-state index in [1.807, 2.05) is 19.3 Å². The number of halogens is 1. The Labute approximate surface area is 223 Å². The zero-order valence-electron chi connectivity index (χ0n) is 21.9. The average Bonchev–Trinajstić information content (AvgIpc) is 3.13. The first kappa shape index (κ1) is 25.1. The Kier molecular flexibility index (Phi) is 6.66. The van der Waals surface area contributed by atoms with Crippen molar-refractivity contribution in [2.45, 2.75) is 64.6 Å². The number of likely N-dealkylation sites (tertiary alicyclic amines) is 1. The second-order valence-corrected chi connectivity index (χ2v) is 12.6. The molecule has 0 radical (unpaired) electrons.